The van der Waals surface area contributed by atoms with Gasteiger partial charge >= 0.3 is 5.51 Å². The summed E-state index contributed by atoms with van der Waals surface area (Å²) in [6.45, 7) is 3.78. The van der Waals surface area contributed by atoms with E-state index < -0.39 is 5.51 Å². The number of hydrogen-bond acceptors (Lipinski definition) is 3. The van der Waals surface area contributed by atoms with Crippen LogP contribution < -0.4 is 5.32 Å². The van der Waals surface area contributed by atoms with Crippen molar-refractivity contribution >= 4 is 23.5 Å². The highest BCUT2D eigenvalue weighted by Gasteiger charge is 2.28. The zero-order chi connectivity index (χ0) is 14.3. The van der Waals surface area contributed by atoms with Crippen molar-refractivity contribution in [3.63, 3.8) is 0 Å². The van der Waals surface area contributed by atoms with E-state index in [1.807, 2.05) is 11.8 Å². The fraction of sp³-hybridized carbons (Fsp3) is 0.538. The molecular weight excluding hydrogens is 291 g/mol. The molecule has 1 rings (SSSR count). The van der Waals surface area contributed by atoms with Gasteiger partial charge in [0.1, 0.15) is 0 Å². The number of nitrogens with one attached hydrogen (secondary N) is 1. The van der Waals surface area contributed by atoms with E-state index in [9.17, 15) is 13.2 Å². The maximum absolute atomic E-state index is 12.2. The summed E-state index contributed by atoms with van der Waals surface area (Å²) in [5.41, 5.74) is -3.21. The van der Waals surface area contributed by atoms with Crippen LogP contribution in [0.5, 0.6) is 0 Å². The van der Waals surface area contributed by atoms with E-state index in [1.165, 1.54) is 12.1 Å². The minimum absolute atomic E-state index is 0.0784. The summed E-state index contributed by atoms with van der Waals surface area (Å²) in [7, 11) is 0. The van der Waals surface area contributed by atoms with Crippen molar-refractivity contribution in [2.24, 2.45) is 5.92 Å². The quantitative estimate of drug-likeness (QED) is 0.750. The normalized spacial score (nSPS) is 13.5. The van der Waals surface area contributed by atoms with Gasteiger partial charge in [-0.05, 0) is 53.9 Å². The average Bonchev–Trinajstić information content (AvgIpc) is 2.30. The van der Waals surface area contributed by atoms with Crippen molar-refractivity contribution in [1.29, 1.82) is 0 Å². The van der Waals surface area contributed by atoms with Gasteiger partial charge in [0.05, 0.1) is 0 Å². The summed E-state index contributed by atoms with van der Waals surface area (Å²) in [5, 5.41) is 3.31. The van der Waals surface area contributed by atoms with Crippen LogP contribution in [0.2, 0.25) is 0 Å². The second-order valence-corrected chi connectivity index (χ2v) is 6.43. The molecule has 6 heteroatoms. The molecule has 0 aromatic heterocycles. The molecule has 19 heavy (non-hydrogen) atoms. The first-order valence-corrected chi connectivity index (χ1v) is 8.16. The first-order chi connectivity index (χ1) is 8.90. The summed E-state index contributed by atoms with van der Waals surface area (Å²) < 4.78 is 36.5. The lowest BCUT2D eigenvalue weighted by molar-refractivity contribution is -0.0328. The minimum atomic E-state index is -4.22. The maximum atomic E-state index is 12.2. The zero-order valence-corrected chi connectivity index (χ0v) is 12.6. The Hall–Kier alpha value is -0.330. The van der Waals surface area contributed by atoms with E-state index in [2.05, 4.69) is 18.5 Å². The van der Waals surface area contributed by atoms with Crippen molar-refractivity contribution < 1.29 is 13.2 Å². The molecule has 1 nitrogen and oxygen atoms in total. The van der Waals surface area contributed by atoms with Crippen molar-refractivity contribution in [2.45, 2.75) is 23.9 Å². The van der Waals surface area contributed by atoms with Gasteiger partial charge in [-0.25, -0.2) is 0 Å². The van der Waals surface area contributed by atoms with Crippen LogP contribution in [-0.2, 0) is 6.54 Å². The number of rotatable bonds is 7. The molecule has 1 atom stereocenters. The van der Waals surface area contributed by atoms with Gasteiger partial charge in [0.15, 0.2) is 0 Å². The summed E-state index contributed by atoms with van der Waals surface area (Å²) in [6.07, 6.45) is 2.08. The molecule has 0 saturated heterocycles. The molecule has 0 aliphatic heterocycles. The van der Waals surface area contributed by atoms with Gasteiger partial charge in [0.25, 0.3) is 0 Å². The van der Waals surface area contributed by atoms with Gasteiger partial charge in [-0.3, -0.25) is 0 Å². The molecule has 0 aliphatic rings. The average molecular weight is 309 g/mol. The van der Waals surface area contributed by atoms with Crippen molar-refractivity contribution in [1.82, 2.24) is 5.32 Å². The molecule has 1 aromatic carbocycles. The van der Waals surface area contributed by atoms with Gasteiger partial charge in [-0.2, -0.15) is 24.9 Å². The van der Waals surface area contributed by atoms with Gasteiger partial charge in [0, 0.05) is 11.4 Å². The molecule has 0 radical (unpaired) electrons. The third-order valence-electron chi connectivity index (χ3n) is 2.43. The Morgan fingerprint density at radius 2 is 1.84 bits per heavy atom. The first-order valence-electron chi connectivity index (χ1n) is 5.95. The fourth-order valence-corrected chi connectivity index (χ4v) is 2.84. The largest absolute Gasteiger partial charge is 0.446 e. The highest BCUT2D eigenvalue weighted by Crippen LogP contribution is 2.36. The highest BCUT2D eigenvalue weighted by molar-refractivity contribution is 8.00. The Morgan fingerprint density at radius 3 is 2.37 bits per heavy atom. The summed E-state index contributed by atoms with van der Waals surface area (Å²) in [6, 6.07) is 6.50. The topological polar surface area (TPSA) is 12.0 Å². The van der Waals surface area contributed by atoms with Crippen molar-refractivity contribution in [3.05, 3.63) is 29.8 Å². The van der Waals surface area contributed by atoms with Crippen LogP contribution in [0.25, 0.3) is 0 Å². The minimum Gasteiger partial charge on any atom is -0.312 e. The van der Waals surface area contributed by atoms with Gasteiger partial charge in [-0.15, -0.1) is 0 Å². The summed E-state index contributed by atoms with van der Waals surface area (Å²) in [5.74, 6) is 1.70. The second kappa shape index (κ2) is 8.07. The third-order valence-corrected chi connectivity index (χ3v) is 4.07. The lowest BCUT2D eigenvalue weighted by Gasteiger charge is -2.11. The Labute approximate surface area is 120 Å². The molecule has 0 heterocycles. The van der Waals surface area contributed by atoms with E-state index in [-0.39, 0.29) is 16.7 Å². The van der Waals surface area contributed by atoms with E-state index in [1.54, 1.807) is 12.1 Å². The van der Waals surface area contributed by atoms with Crippen LogP contribution >= 0.6 is 23.5 Å². The van der Waals surface area contributed by atoms with Crippen molar-refractivity contribution in [3.8, 4) is 0 Å². The molecule has 0 amide bonds. The maximum Gasteiger partial charge on any atom is 0.446 e. The number of thioether (sulfide) groups is 2. The molecule has 0 spiro atoms. The van der Waals surface area contributed by atoms with Crippen LogP contribution in [0.3, 0.4) is 0 Å². The SMILES string of the molecule is CSCC(C)CNCc1ccc(SC(F)(F)F)cc1. The molecule has 1 aromatic rings. The molecule has 1 N–H and O–H groups in total. The predicted molar refractivity (Wildman–Crippen MR) is 77.6 cm³/mol. The van der Waals surface area contributed by atoms with Gasteiger partial charge in [-0.1, -0.05) is 19.1 Å². The van der Waals surface area contributed by atoms with E-state index in [0.717, 1.165) is 17.9 Å². The zero-order valence-electron chi connectivity index (χ0n) is 11.0. The van der Waals surface area contributed by atoms with Crippen LogP contribution in [0.1, 0.15) is 12.5 Å². The van der Waals surface area contributed by atoms with E-state index in [0.29, 0.717) is 12.5 Å². The number of alkyl halides is 3. The van der Waals surface area contributed by atoms with Gasteiger partial charge < -0.3 is 5.32 Å². The second-order valence-electron chi connectivity index (χ2n) is 4.38. The number of halogens is 3. The first kappa shape index (κ1) is 16.7. The molecule has 0 bridgehead atoms. The Balaban J connectivity index is 2.36. The standard InChI is InChI=1S/C13H18F3NS2/c1-10(9-18-2)7-17-8-11-3-5-12(6-4-11)19-13(14,15)16/h3-6,10,17H,7-9H2,1-2H3. The highest BCUT2D eigenvalue weighted by atomic mass is 32.2. The molecule has 1 unspecified atom stereocenters. The van der Waals surface area contributed by atoms with Crippen LogP contribution in [0.15, 0.2) is 29.2 Å². The van der Waals surface area contributed by atoms with Crippen LogP contribution in [0.4, 0.5) is 13.2 Å². The number of hydrogen-bond donors (Lipinski definition) is 1. The Bertz CT molecular complexity index is 365. The smallest absolute Gasteiger partial charge is 0.312 e. The van der Waals surface area contributed by atoms with Crippen molar-refractivity contribution in [2.75, 3.05) is 18.6 Å². The molecule has 108 valence electrons. The van der Waals surface area contributed by atoms with E-state index in [4.69, 9.17) is 0 Å². The molecule has 0 aliphatic carbocycles. The van der Waals surface area contributed by atoms with E-state index >= 15 is 0 Å². The predicted octanol–water partition coefficient (Wildman–Crippen LogP) is 4.39. The fourth-order valence-electron chi connectivity index (χ4n) is 1.62. The molecule has 0 fully saturated rings. The Kier molecular flexibility index (Phi) is 7.10. The molecule has 0 saturated carbocycles. The van der Waals surface area contributed by atoms with Crippen LogP contribution in [-0.4, -0.2) is 24.1 Å². The lowest BCUT2D eigenvalue weighted by Crippen LogP contribution is -2.21. The lowest BCUT2D eigenvalue weighted by atomic mass is 10.2. The van der Waals surface area contributed by atoms with Crippen LogP contribution in [0, 0.1) is 5.92 Å². The van der Waals surface area contributed by atoms with Gasteiger partial charge in [0.2, 0.25) is 0 Å². The third kappa shape index (κ3) is 7.74. The molecular formula is C13H18F3NS2. The number of benzene rings is 1. The summed E-state index contributed by atoms with van der Waals surface area (Å²) in [4.78, 5) is 0.229. The Morgan fingerprint density at radius 1 is 1.21 bits per heavy atom. The monoisotopic (exact) mass is 309 g/mol. The summed E-state index contributed by atoms with van der Waals surface area (Å²) >= 11 is 1.74.